The van der Waals surface area contributed by atoms with Crippen molar-refractivity contribution in [3.63, 3.8) is 0 Å². The van der Waals surface area contributed by atoms with Crippen LogP contribution in [0.3, 0.4) is 0 Å². The molecular formula is C27H19Cl2NO3. The quantitative estimate of drug-likeness (QED) is 0.470. The van der Waals surface area contributed by atoms with Gasteiger partial charge in [-0.1, -0.05) is 59.6 Å². The summed E-state index contributed by atoms with van der Waals surface area (Å²) in [6.07, 6.45) is 4.85. The van der Waals surface area contributed by atoms with Crippen molar-refractivity contribution in [1.29, 1.82) is 0 Å². The number of rotatable bonds is 4. The van der Waals surface area contributed by atoms with Crippen LogP contribution < -0.4 is 10.1 Å². The molecule has 3 aromatic carbocycles. The second kappa shape index (κ2) is 8.22. The topological polar surface area (TPSA) is 55.4 Å². The van der Waals surface area contributed by atoms with Gasteiger partial charge in [-0.15, -0.1) is 0 Å². The standard InChI is InChI=1S/C27H19Cl2NO3/c1-2-33-24-9-4-3-8-19(24)21-15-27(11-10-23(21)31)25-20(16-6-5-7-17(28)12-16)13-18(29)14-22(25)30-26(27)32/h3-15H,2H2,1H3,(H,30,32)/t27-/m0/s1. The number of nitrogens with one attached hydrogen (secondary N) is 1. The van der Waals surface area contributed by atoms with Gasteiger partial charge >= 0.3 is 0 Å². The monoisotopic (exact) mass is 475 g/mol. The maximum absolute atomic E-state index is 13.4. The van der Waals surface area contributed by atoms with Crippen molar-refractivity contribution in [3.8, 4) is 16.9 Å². The Morgan fingerprint density at radius 1 is 0.939 bits per heavy atom. The summed E-state index contributed by atoms with van der Waals surface area (Å²) in [4.78, 5) is 26.4. The Morgan fingerprint density at radius 3 is 2.55 bits per heavy atom. The first-order chi connectivity index (χ1) is 15.9. The van der Waals surface area contributed by atoms with E-state index in [4.69, 9.17) is 27.9 Å². The summed E-state index contributed by atoms with van der Waals surface area (Å²) >= 11 is 12.7. The lowest BCUT2D eigenvalue weighted by Crippen LogP contribution is -2.33. The van der Waals surface area contributed by atoms with E-state index in [2.05, 4.69) is 5.32 Å². The van der Waals surface area contributed by atoms with Gasteiger partial charge in [0, 0.05) is 32.4 Å². The normalized spacial score (nSPS) is 18.8. The first-order valence-corrected chi connectivity index (χ1v) is 11.3. The molecule has 3 aromatic rings. The minimum absolute atomic E-state index is 0.188. The summed E-state index contributed by atoms with van der Waals surface area (Å²) in [5.74, 6) is 0.153. The van der Waals surface area contributed by atoms with E-state index >= 15 is 0 Å². The predicted octanol–water partition coefficient (Wildman–Crippen LogP) is 6.47. The number of ketones is 1. The molecule has 6 heteroatoms. The average Bonchev–Trinajstić information content (AvgIpc) is 3.06. The van der Waals surface area contributed by atoms with E-state index in [1.807, 2.05) is 55.5 Å². The number of halogens is 2. The SMILES string of the molecule is CCOc1ccccc1C1=C[C@]2(C=CC1=O)C(=O)Nc1cc(Cl)cc(-c3cccc(Cl)c3)c12. The predicted molar refractivity (Wildman–Crippen MR) is 132 cm³/mol. The van der Waals surface area contributed by atoms with E-state index in [1.165, 1.54) is 6.08 Å². The third kappa shape index (κ3) is 3.56. The van der Waals surface area contributed by atoms with Gasteiger partial charge in [-0.05, 0) is 60.5 Å². The molecule has 1 heterocycles. The minimum atomic E-state index is -1.18. The highest BCUT2D eigenvalue weighted by Gasteiger charge is 2.47. The van der Waals surface area contributed by atoms with Gasteiger partial charge in [0.25, 0.3) is 0 Å². The number of carbonyl (C=O) groups is 2. The molecular weight excluding hydrogens is 457 g/mol. The zero-order chi connectivity index (χ0) is 23.2. The molecule has 2 aliphatic rings. The smallest absolute Gasteiger partial charge is 0.242 e. The summed E-state index contributed by atoms with van der Waals surface area (Å²) < 4.78 is 5.76. The van der Waals surface area contributed by atoms with Gasteiger partial charge in [-0.3, -0.25) is 9.59 Å². The largest absolute Gasteiger partial charge is 0.493 e. The summed E-state index contributed by atoms with van der Waals surface area (Å²) in [5.41, 5.74) is 2.81. The zero-order valence-electron chi connectivity index (χ0n) is 17.7. The van der Waals surface area contributed by atoms with Gasteiger partial charge in [0.15, 0.2) is 5.78 Å². The Kier molecular flexibility index (Phi) is 5.35. The van der Waals surface area contributed by atoms with Crippen molar-refractivity contribution in [1.82, 2.24) is 0 Å². The Bertz CT molecular complexity index is 1380. The lowest BCUT2D eigenvalue weighted by molar-refractivity contribution is -0.118. The molecule has 0 saturated carbocycles. The molecule has 1 N–H and O–H groups in total. The number of fused-ring (bicyclic) bond motifs is 2. The first-order valence-electron chi connectivity index (χ1n) is 10.5. The van der Waals surface area contributed by atoms with E-state index in [9.17, 15) is 9.59 Å². The van der Waals surface area contributed by atoms with E-state index in [1.54, 1.807) is 24.3 Å². The van der Waals surface area contributed by atoms with Crippen LogP contribution in [0, 0.1) is 0 Å². The van der Waals surface area contributed by atoms with Gasteiger partial charge in [0.05, 0.1) is 6.61 Å². The number of hydrogen-bond donors (Lipinski definition) is 1. The van der Waals surface area contributed by atoms with Gasteiger partial charge < -0.3 is 10.1 Å². The van der Waals surface area contributed by atoms with Gasteiger partial charge in [0.2, 0.25) is 5.91 Å². The van der Waals surface area contributed by atoms with Crippen LogP contribution in [0.4, 0.5) is 5.69 Å². The highest BCUT2D eigenvalue weighted by molar-refractivity contribution is 6.33. The number of anilines is 1. The molecule has 164 valence electrons. The highest BCUT2D eigenvalue weighted by Crippen LogP contribution is 2.50. The molecule has 0 aromatic heterocycles. The van der Waals surface area contributed by atoms with E-state index < -0.39 is 5.41 Å². The van der Waals surface area contributed by atoms with Crippen molar-refractivity contribution < 1.29 is 14.3 Å². The summed E-state index contributed by atoms with van der Waals surface area (Å²) in [7, 11) is 0. The fourth-order valence-electron chi connectivity index (χ4n) is 4.50. The van der Waals surface area contributed by atoms with Crippen molar-refractivity contribution in [2.45, 2.75) is 12.3 Å². The summed E-state index contributed by atoms with van der Waals surface area (Å²) in [6.45, 7) is 2.34. The molecule has 1 spiro atoms. The van der Waals surface area contributed by atoms with Crippen LogP contribution in [0.2, 0.25) is 10.0 Å². The molecule has 0 radical (unpaired) electrons. The third-order valence-corrected chi connectivity index (χ3v) is 6.34. The van der Waals surface area contributed by atoms with Crippen molar-refractivity contribution in [3.05, 3.63) is 100 Å². The molecule has 0 unspecified atom stereocenters. The number of allylic oxidation sites excluding steroid dienone is 2. The van der Waals surface area contributed by atoms with Crippen LogP contribution in [0.15, 0.2) is 78.9 Å². The Balaban J connectivity index is 1.77. The van der Waals surface area contributed by atoms with Gasteiger partial charge in [0.1, 0.15) is 11.2 Å². The van der Waals surface area contributed by atoms with Crippen molar-refractivity contribution >= 4 is 46.2 Å². The van der Waals surface area contributed by atoms with Crippen LogP contribution >= 0.6 is 23.2 Å². The van der Waals surface area contributed by atoms with Gasteiger partial charge in [-0.25, -0.2) is 0 Å². The molecule has 5 rings (SSSR count). The lowest BCUT2D eigenvalue weighted by atomic mass is 9.72. The Hall–Kier alpha value is -3.34. The number of benzene rings is 3. The number of ether oxygens (including phenoxy) is 1. The Labute approximate surface area is 201 Å². The molecule has 33 heavy (non-hydrogen) atoms. The van der Waals surface area contributed by atoms with Crippen molar-refractivity contribution in [2.24, 2.45) is 0 Å². The fraction of sp³-hybridized carbons (Fsp3) is 0.111. The number of carbonyl (C=O) groups excluding carboxylic acids is 2. The van der Waals surface area contributed by atoms with Crippen LogP contribution in [0.5, 0.6) is 5.75 Å². The molecule has 1 aliphatic heterocycles. The maximum Gasteiger partial charge on any atom is 0.242 e. The Morgan fingerprint density at radius 2 is 1.76 bits per heavy atom. The molecule has 1 amide bonds. The van der Waals surface area contributed by atoms with Crippen molar-refractivity contribution in [2.75, 3.05) is 11.9 Å². The maximum atomic E-state index is 13.4. The van der Waals surface area contributed by atoms with Gasteiger partial charge in [-0.2, -0.15) is 0 Å². The van der Waals surface area contributed by atoms with E-state index in [-0.39, 0.29) is 11.7 Å². The van der Waals surface area contributed by atoms with E-state index in [0.717, 1.165) is 16.7 Å². The highest BCUT2D eigenvalue weighted by atomic mass is 35.5. The van der Waals surface area contributed by atoms with E-state index in [0.29, 0.717) is 39.2 Å². The third-order valence-electron chi connectivity index (χ3n) is 5.89. The van der Waals surface area contributed by atoms with Crippen LogP contribution in [0.25, 0.3) is 16.7 Å². The van der Waals surface area contributed by atoms with Crippen LogP contribution in [0.1, 0.15) is 18.1 Å². The zero-order valence-corrected chi connectivity index (χ0v) is 19.2. The van der Waals surface area contributed by atoms with Crippen LogP contribution in [-0.4, -0.2) is 18.3 Å². The second-order valence-electron chi connectivity index (χ2n) is 7.89. The second-order valence-corrected chi connectivity index (χ2v) is 8.77. The first kappa shape index (κ1) is 21.5. The average molecular weight is 476 g/mol. The molecule has 0 saturated heterocycles. The number of amides is 1. The summed E-state index contributed by atoms with van der Waals surface area (Å²) in [6, 6.07) is 18.3. The van der Waals surface area contributed by atoms with Crippen LogP contribution in [-0.2, 0) is 15.0 Å². The molecule has 1 atom stereocenters. The fourth-order valence-corrected chi connectivity index (χ4v) is 4.90. The molecule has 4 nitrogen and oxygen atoms in total. The summed E-state index contributed by atoms with van der Waals surface area (Å²) in [5, 5.41) is 4.02. The molecule has 0 bridgehead atoms. The number of para-hydroxylation sites is 1. The molecule has 1 aliphatic carbocycles. The number of hydrogen-bond acceptors (Lipinski definition) is 3. The molecule has 0 fully saturated rings. The lowest BCUT2D eigenvalue weighted by Gasteiger charge is -2.27. The minimum Gasteiger partial charge on any atom is -0.493 e.